The van der Waals surface area contributed by atoms with Crippen molar-refractivity contribution in [1.82, 2.24) is 9.88 Å². The summed E-state index contributed by atoms with van der Waals surface area (Å²) < 4.78 is 5.81. The largest absolute Gasteiger partial charge is 0.394 e. The smallest absolute Gasteiger partial charge is 0.139 e. The predicted molar refractivity (Wildman–Crippen MR) is 60.8 cm³/mol. The van der Waals surface area contributed by atoms with Crippen molar-refractivity contribution in [3.05, 3.63) is 30.1 Å². The second-order valence-corrected chi connectivity index (χ2v) is 4.37. The number of hydrogen-bond acceptors (Lipinski definition) is 4. The zero-order valence-corrected chi connectivity index (χ0v) is 9.71. The molecule has 1 aliphatic rings. The lowest BCUT2D eigenvalue weighted by molar-refractivity contribution is -0.0268. The number of aliphatic hydroxyl groups excluding tert-OH is 1. The van der Waals surface area contributed by atoms with Gasteiger partial charge < -0.3 is 9.84 Å². The fourth-order valence-corrected chi connectivity index (χ4v) is 2.01. The molecular formula is C12H18N2O2. The Kier molecular flexibility index (Phi) is 3.53. The number of rotatable bonds is 3. The van der Waals surface area contributed by atoms with Crippen LogP contribution in [0.25, 0.3) is 0 Å². The quantitative estimate of drug-likeness (QED) is 0.834. The summed E-state index contributed by atoms with van der Waals surface area (Å²) in [5.74, 6) is 0. The van der Waals surface area contributed by atoms with Crippen LogP contribution < -0.4 is 0 Å². The van der Waals surface area contributed by atoms with Crippen LogP contribution in [0.3, 0.4) is 0 Å². The average Bonchev–Trinajstić information content (AvgIpc) is 2.74. The maximum absolute atomic E-state index is 9.16. The average molecular weight is 222 g/mol. The summed E-state index contributed by atoms with van der Waals surface area (Å²) in [7, 11) is 0. The van der Waals surface area contributed by atoms with Crippen molar-refractivity contribution in [2.24, 2.45) is 0 Å². The minimum Gasteiger partial charge on any atom is -0.394 e. The number of pyridine rings is 1. The Morgan fingerprint density at radius 2 is 2.44 bits per heavy atom. The van der Waals surface area contributed by atoms with Gasteiger partial charge >= 0.3 is 0 Å². The van der Waals surface area contributed by atoms with E-state index < -0.39 is 0 Å². The van der Waals surface area contributed by atoms with E-state index in [9.17, 15) is 0 Å². The first-order valence-corrected chi connectivity index (χ1v) is 5.64. The van der Waals surface area contributed by atoms with Crippen molar-refractivity contribution in [2.45, 2.75) is 32.2 Å². The molecular weight excluding hydrogens is 204 g/mol. The van der Waals surface area contributed by atoms with E-state index in [1.54, 1.807) is 6.20 Å². The first kappa shape index (κ1) is 11.5. The van der Waals surface area contributed by atoms with Crippen molar-refractivity contribution in [1.29, 1.82) is 0 Å². The van der Waals surface area contributed by atoms with Gasteiger partial charge in [0.15, 0.2) is 0 Å². The van der Waals surface area contributed by atoms with Crippen LogP contribution in [-0.2, 0) is 4.74 Å². The van der Waals surface area contributed by atoms with Crippen LogP contribution in [0.4, 0.5) is 0 Å². The molecule has 1 saturated heterocycles. The molecule has 0 aromatic carbocycles. The van der Waals surface area contributed by atoms with Crippen LogP contribution in [0.15, 0.2) is 24.5 Å². The zero-order valence-electron chi connectivity index (χ0n) is 9.71. The molecule has 2 unspecified atom stereocenters. The molecule has 2 atom stereocenters. The van der Waals surface area contributed by atoms with Crippen LogP contribution in [-0.4, -0.2) is 40.3 Å². The minimum atomic E-state index is -0.0902. The van der Waals surface area contributed by atoms with E-state index in [0.717, 1.165) is 12.1 Å². The number of hydrogen-bond donors (Lipinski definition) is 1. The number of aliphatic hydroxyl groups is 1. The van der Waals surface area contributed by atoms with Crippen molar-refractivity contribution >= 4 is 0 Å². The summed E-state index contributed by atoms with van der Waals surface area (Å²) in [6, 6.07) is 4.30. The van der Waals surface area contributed by atoms with E-state index in [0.29, 0.717) is 6.04 Å². The molecule has 2 heterocycles. The van der Waals surface area contributed by atoms with E-state index in [1.807, 2.05) is 18.3 Å². The Labute approximate surface area is 95.9 Å². The van der Waals surface area contributed by atoms with Gasteiger partial charge in [0.25, 0.3) is 0 Å². The third-order valence-corrected chi connectivity index (χ3v) is 2.87. The summed E-state index contributed by atoms with van der Waals surface area (Å²) in [5, 5.41) is 9.16. The van der Waals surface area contributed by atoms with Gasteiger partial charge in [-0.3, -0.25) is 9.88 Å². The van der Waals surface area contributed by atoms with Crippen molar-refractivity contribution in [3.63, 3.8) is 0 Å². The Morgan fingerprint density at radius 3 is 3.00 bits per heavy atom. The van der Waals surface area contributed by atoms with Gasteiger partial charge in [-0.15, -0.1) is 0 Å². The molecule has 1 aromatic heterocycles. The highest BCUT2D eigenvalue weighted by Crippen LogP contribution is 2.31. The molecule has 16 heavy (non-hydrogen) atoms. The summed E-state index contributed by atoms with van der Waals surface area (Å²) in [5.41, 5.74) is 1.05. The fourth-order valence-electron chi connectivity index (χ4n) is 2.01. The van der Waals surface area contributed by atoms with Crippen LogP contribution in [0.5, 0.6) is 0 Å². The molecule has 0 amide bonds. The molecule has 2 rings (SSSR count). The Balaban J connectivity index is 2.19. The lowest BCUT2D eigenvalue weighted by Crippen LogP contribution is -2.32. The molecule has 0 spiro atoms. The van der Waals surface area contributed by atoms with Crippen LogP contribution in [0.1, 0.15) is 25.6 Å². The van der Waals surface area contributed by atoms with E-state index >= 15 is 0 Å². The number of aromatic nitrogens is 1. The lowest BCUT2D eigenvalue weighted by Gasteiger charge is -2.26. The van der Waals surface area contributed by atoms with Gasteiger partial charge in [0.1, 0.15) is 6.23 Å². The molecule has 1 aromatic rings. The molecule has 4 nitrogen and oxygen atoms in total. The van der Waals surface area contributed by atoms with Crippen LogP contribution >= 0.6 is 0 Å². The molecule has 4 heteroatoms. The Morgan fingerprint density at radius 1 is 1.62 bits per heavy atom. The van der Waals surface area contributed by atoms with Gasteiger partial charge in [0, 0.05) is 30.5 Å². The summed E-state index contributed by atoms with van der Waals surface area (Å²) in [6.45, 7) is 5.10. The highest BCUT2D eigenvalue weighted by molar-refractivity contribution is 5.13. The van der Waals surface area contributed by atoms with Crippen molar-refractivity contribution < 1.29 is 9.84 Å². The van der Waals surface area contributed by atoms with Gasteiger partial charge in [-0.2, -0.15) is 0 Å². The summed E-state index contributed by atoms with van der Waals surface area (Å²) in [4.78, 5) is 6.34. The highest BCUT2D eigenvalue weighted by Gasteiger charge is 2.34. The monoisotopic (exact) mass is 222 g/mol. The molecule has 1 aliphatic heterocycles. The first-order valence-electron chi connectivity index (χ1n) is 5.64. The standard InChI is InChI=1S/C12H18N2O2/c1-9(2)14-7-11(8-15)16-12(14)10-4-3-5-13-6-10/h3-6,9,11-12,15H,7-8H2,1-2H3. The third-order valence-electron chi connectivity index (χ3n) is 2.87. The van der Waals surface area contributed by atoms with Crippen LogP contribution in [0.2, 0.25) is 0 Å². The highest BCUT2D eigenvalue weighted by atomic mass is 16.5. The van der Waals surface area contributed by atoms with E-state index in [4.69, 9.17) is 9.84 Å². The molecule has 0 aliphatic carbocycles. The van der Waals surface area contributed by atoms with Gasteiger partial charge in [0.05, 0.1) is 12.7 Å². The van der Waals surface area contributed by atoms with Gasteiger partial charge in [0.2, 0.25) is 0 Å². The molecule has 0 saturated carbocycles. The molecule has 1 fully saturated rings. The summed E-state index contributed by atoms with van der Waals surface area (Å²) >= 11 is 0. The lowest BCUT2D eigenvalue weighted by atomic mass is 10.2. The zero-order chi connectivity index (χ0) is 11.5. The summed E-state index contributed by atoms with van der Waals surface area (Å²) in [6.07, 6.45) is 3.40. The number of nitrogens with zero attached hydrogens (tertiary/aromatic N) is 2. The van der Waals surface area contributed by atoms with Crippen molar-refractivity contribution in [2.75, 3.05) is 13.2 Å². The topological polar surface area (TPSA) is 45.6 Å². The van der Waals surface area contributed by atoms with Gasteiger partial charge in [-0.25, -0.2) is 0 Å². The maximum Gasteiger partial charge on any atom is 0.139 e. The second kappa shape index (κ2) is 4.91. The van der Waals surface area contributed by atoms with E-state index in [1.165, 1.54) is 0 Å². The third kappa shape index (κ3) is 2.24. The second-order valence-electron chi connectivity index (χ2n) is 4.37. The minimum absolute atomic E-state index is 0.0694. The van der Waals surface area contributed by atoms with Gasteiger partial charge in [-0.1, -0.05) is 6.07 Å². The normalized spacial score (nSPS) is 26.5. The molecule has 0 radical (unpaired) electrons. The maximum atomic E-state index is 9.16. The van der Waals surface area contributed by atoms with Gasteiger partial charge in [-0.05, 0) is 19.9 Å². The Hall–Kier alpha value is -0.970. The molecule has 0 bridgehead atoms. The Bertz CT molecular complexity index is 329. The predicted octanol–water partition coefficient (Wildman–Crippen LogP) is 1.18. The fraction of sp³-hybridized carbons (Fsp3) is 0.583. The molecule has 88 valence electrons. The molecule has 1 N–H and O–H groups in total. The number of ether oxygens (including phenoxy) is 1. The first-order chi connectivity index (χ1) is 7.72. The van der Waals surface area contributed by atoms with Crippen molar-refractivity contribution in [3.8, 4) is 0 Å². The SMILES string of the molecule is CC(C)N1CC(CO)OC1c1cccnc1. The van der Waals surface area contributed by atoms with E-state index in [2.05, 4.69) is 23.7 Å². The van der Waals surface area contributed by atoms with Crippen LogP contribution in [0, 0.1) is 0 Å². The van der Waals surface area contributed by atoms with E-state index in [-0.39, 0.29) is 18.9 Å².